The number of thiophene rings is 1. The number of carboxylic acids is 1. The minimum absolute atomic E-state index is 0.0128. The van der Waals surface area contributed by atoms with Gasteiger partial charge in [0.05, 0.1) is 5.92 Å². The molecule has 0 aliphatic rings. The van der Waals surface area contributed by atoms with Gasteiger partial charge in [-0.3, -0.25) is 4.79 Å². The first-order valence-electron chi connectivity index (χ1n) is 5.38. The Kier molecular flexibility index (Phi) is 4.28. The maximum absolute atomic E-state index is 12.0. The first-order valence-corrected chi connectivity index (χ1v) is 6.20. The number of rotatable bonds is 4. The van der Waals surface area contributed by atoms with Crippen LogP contribution in [0.2, 0.25) is 0 Å². The van der Waals surface area contributed by atoms with Crippen molar-refractivity contribution >= 4 is 23.2 Å². The first-order chi connectivity index (χ1) is 7.84. The molecule has 1 atom stereocenters. The van der Waals surface area contributed by atoms with E-state index in [1.165, 1.54) is 11.3 Å². The van der Waals surface area contributed by atoms with Crippen LogP contribution in [-0.2, 0) is 4.79 Å². The van der Waals surface area contributed by atoms with Crippen LogP contribution in [0.25, 0.3) is 0 Å². The molecule has 5 heteroatoms. The Balaban J connectivity index is 3.06. The number of likely N-dealkylation sites (N-methyl/N-ethyl adjacent to an activating group) is 1. The highest BCUT2D eigenvalue weighted by Crippen LogP contribution is 2.31. The zero-order valence-electron chi connectivity index (χ0n) is 10.4. The summed E-state index contributed by atoms with van der Waals surface area (Å²) in [5.74, 6) is -1.05. The van der Waals surface area contributed by atoms with E-state index in [2.05, 4.69) is 0 Å². The Morgan fingerprint density at radius 2 is 1.88 bits per heavy atom. The summed E-state index contributed by atoms with van der Waals surface area (Å²) in [6.07, 6.45) is 0. The fraction of sp³-hybridized carbons (Fsp3) is 0.500. The van der Waals surface area contributed by atoms with Crippen molar-refractivity contribution in [3.05, 3.63) is 21.9 Å². The molecule has 0 spiro atoms. The van der Waals surface area contributed by atoms with Gasteiger partial charge in [0.1, 0.15) is 4.88 Å². The van der Waals surface area contributed by atoms with E-state index < -0.39 is 5.97 Å². The van der Waals surface area contributed by atoms with E-state index in [1.807, 2.05) is 13.8 Å². The van der Waals surface area contributed by atoms with E-state index in [-0.39, 0.29) is 22.6 Å². The Labute approximate surface area is 105 Å². The van der Waals surface area contributed by atoms with Crippen molar-refractivity contribution in [1.82, 2.24) is 4.90 Å². The SMILES string of the molecule is CC(C)[C@@H](C(=O)N(C)C)c1ccc(C(=O)O)s1. The van der Waals surface area contributed by atoms with E-state index in [0.717, 1.165) is 4.88 Å². The topological polar surface area (TPSA) is 57.6 Å². The van der Waals surface area contributed by atoms with Crippen LogP contribution < -0.4 is 0 Å². The van der Waals surface area contributed by atoms with Crippen LogP contribution in [0.4, 0.5) is 0 Å². The van der Waals surface area contributed by atoms with Crippen molar-refractivity contribution in [2.24, 2.45) is 5.92 Å². The number of carboxylic acid groups (broad SMARTS) is 1. The highest BCUT2D eigenvalue weighted by molar-refractivity contribution is 7.14. The van der Waals surface area contributed by atoms with Gasteiger partial charge in [-0.2, -0.15) is 0 Å². The average molecular weight is 255 g/mol. The fourth-order valence-electron chi connectivity index (χ4n) is 1.65. The molecule has 4 nitrogen and oxygen atoms in total. The molecular formula is C12H17NO3S. The molecule has 1 amide bonds. The van der Waals surface area contributed by atoms with E-state index in [4.69, 9.17) is 5.11 Å². The molecule has 0 bridgehead atoms. The predicted octanol–water partition coefficient (Wildman–Crippen LogP) is 2.27. The number of carbonyl (C=O) groups excluding carboxylic acids is 1. The number of hydrogen-bond acceptors (Lipinski definition) is 3. The lowest BCUT2D eigenvalue weighted by Gasteiger charge is -2.22. The van der Waals surface area contributed by atoms with Gasteiger partial charge in [0.25, 0.3) is 0 Å². The highest BCUT2D eigenvalue weighted by Gasteiger charge is 2.27. The van der Waals surface area contributed by atoms with E-state index >= 15 is 0 Å². The zero-order chi connectivity index (χ0) is 13.2. The van der Waals surface area contributed by atoms with Crippen LogP contribution in [0, 0.1) is 5.92 Å². The smallest absolute Gasteiger partial charge is 0.345 e. The minimum atomic E-state index is -0.943. The number of carbonyl (C=O) groups is 2. The van der Waals surface area contributed by atoms with Crippen molar-refractivity contribution in [1.29, 1.82) is 0 Å². The van der Waals surface area contributed by atoms with Gasteiger partial charge in [0.15, 0.2) is 0 Å². The third kappa shape index (κ3) is 3.06. The summed E-state index contributed by atoms with van der Waals surface area (Å²) in [5, 5.41) is 8.88. The van der Waals surface area contributed by atoms with Crippen LogP contribution >= 0.6 is 11.3 Å². The van der Waals surface area contributed by atoms with Gasteiger partial charge in [-0.15, -0.1) is 11.3 Å². The lowest BCUT2D eigenvalue weighted by atomic mass is 9.93. The van der Waals surface area contributed by atoms with E-state index in [0.29, 0.717) is 0 Å². The molecule has 0 radical (unpaired) electrons. The largest absolute Gasteiger partial charge is 0.477 e. The molecule has 94 valence electrons. The van der Waals surface area contributed by atoms with Gasteiger partial charge < -0.3 is 10.0 Å². The average Bonchev–Trinajstić information content (AvgIpc) is 2.66. The Bertz CT molecular complexity index is 423. The van der Waals surface area contributed by atoms with Gasteiger partial charge in [-0.05, 0) is 18.1 Å². The van der Waals surface area contributed by atoms with Crippen LogP contribution in [0.15, 0.2) is 12.1 Å². The summed E-state index contributed by atoms with van der Waals surface area (Å²) in [6.45, 7) is 3.93. The highest BCUT2D eigenvalue weighted by atomic mass is 32.1. The molecule has 0 aliphatic heterocycles. The zero-order valence-corrected chi connectivity index (χ0v) is 11.2. The Hall–Kier alpha value is -1.36. The summed E-state index contributed by atoms with van der Waals surface area (Å²) < 4.78 is 0. The van der Waals surface area contributed by atoms with Gasteiger partial charge in [-0.1, -0.05) is 13.8 Å². The number of amides is 1. The van der Waals surface area contributed by atoms with Gasteiger partial charge >= 0.3 is 5.97 Å². The number of aromatic carboxylic acids is 1. The summed E-state index contributed by atoms with van der Waals surface area (Å²) in [7, 11) is 3.42. The lowest BCUT2D eigenvalue weighted by molar-refractivity contribution is -0.131. The molecule has 0 fully saturated rings. The molecule has 0 saturated heterocycles. The van der Waals surface area contributed by atoms with Crippen LogP contribution in [0.5, 0.6) is 0 Å². The fourth-order valence-corrected chi connectivity index (χ4v) is 2.76. The van der Waals surface area contributed by atoms with Crippen LogP contribution in [0.3, 0.4) is 0 Å². The minimum Gasteiger partial charge on any atom is -0.477 e. The summed E-state index contributed by atoms with van der Waals surface area (Å²) >= 11 is 1.18. The molecule has 1 aromatic rings. The molecule has 1 aromatic heterocycles. The maximum atomic E-state index is 12.0. The van der Waals surface area contributed by atoms with Crippen molar-refractivity contribution in [2.45, 2.75) is 19.8 Å². The molecule has 0 aromatic carbocycles. The number of nitrogens with zero attached hydrogens (tertiary/aromatic N) is 1. The Morgan fingerprint density at radius 3 is 2.24 bits per heavy atom. The molecule has 1 rings (SSSR count). The van der Waals surface area contributed by atoms with Gasteiger partial charge in [-0.25, -0.2) is 4.79 Å². The number of hydrogen-bond donors (Lipinski definition) is 1. The third-order valence-corrected chi connectivity index (χ3v) is 3.67. The Morgan fingerprint density at radius 1 is 1.29 bits per heavy atom. The normalized spacial score (nSPS) is 12.5. The molecular weight excluding hydrogens is 238 g/mol. The summed E-state index contributed by atoms with van der Waals surface area (Å²) in [4.78, 5) is 25.5. The predicted molar refractivity (Wildman–Crippen MR) is 67.6 cm³/mol. The third-order valence-electron chi connectivity index (χ3n) is 2.52. The van der Waals surface area contributed by atoms with Crippen molar-refractivity contribution in [3.63, 3.8) is 0 Å². The summed E-state index contributed by atoms with van der Waals surface area (Å²) in [5.41, 5.74) is 0. The summed E-state index contributed by atoms with van der Waals surface area (Å²) in [6, 6.07) is 3.29. The van der Waals surface area contributed by atoms with E-state index in [9.17, 15) is 9.59 Å². The van der Waals surface area contributed by atoms with Gasteiger partial charge in [0.2, 0.25) is 5.91 Å². The van der Waals surface area contributed by atoms with Crippen molar-refractivity contribution in [2.75, 3.05) is 14.1 Å². The molecule has 17 heavy (non-hydrogen) atoms. The molecule has 0 unspecified atom stereocenters. The van der Waals surface area contributed by atoms with Gasteiger partial charge in [0, 0.05) is 19.0 Å². The second-order valence-electron chi connectivity index (χ2n) is 4.46. The second-order valence-corrected chi connectivity index (χ2v) is 5.58. The van der Waals surface area contributed by atoms with E-state index in [1.54, 1.807) is 31.1 Å². The van der Waals surface area contributed by atoms with Crippen molar-refractivity contribution in [3.8, 4) is 0 Å². The lowest BCUT2D eigenvalue weighted by Crippen LogP contribution is -2.30. The monoisotopic (exact) mass is 255 g/mol. The van der Waals surface area contributed by atoms with Crippen LogP contribution in [0.1, 0.15) is 34.3 Å². The second kappa shape index (κ2) is 5.31. The quantitative estimate of drug-likeness (QED) is 0.898. The van der Waals surface area contributed by atoms with Crippen LogP contribution in [-0.4, -0.2) is 36.0 Å². The standard InChI is InChI=1S/C12H17NO3S/c1-7(2)10(11(14)13(3)4)8-5-6-9(17-8)12(15)16/h5-7,10H,1-4H3,(H,15,16)/t10-/m1/s1. The maximum Gasteiger partial charge on any atom is 0.345 e. The first kappa shape index (κ1) is 13.7. The molecule has 1 N–H and O–H groups in total. The molecule has 1 heterocycles. The molecule has 0 aliphatic carbocycles. The van der Waals surface area contributed by atoms with Crippen molar-refractivity contribution < 1.29 is 14.7 Å². The molecule has 0 saturated carbocycles.